The molecule has 2 atom stereocenters. The highest BCUT2D eigenvalue weighted by Gasteiger charge is 2.42. The summed E-state index contributed by atoms with van der Waals surface area (Å²) in [6, 6.07) is 19.4. The fraction of sp³-hybridized carbons (Fsp3) is 0.321. The first kappa shape index (κ1) is 25.5. The van der Waals surface area contributed by atoms with E-state index in [0.29, 0.717) is 38.2 Å². The topological polar surface area (TPSA) is 91.6 Å². The van der Waals surface area contributed by atoms with Crippen molar-refractivity contribution in [2.45, 2.75) is 31.5 Å². The van der Waals surface area contributed by atoms with E-state index >= 15 is 0 Å². The van der Waals surface area contributed by atoms with E-state index in [1.165, 1.54) is 23.9 Å². The van der Waals surface area contributed by atoms with Crippen molar-refractivity contribution >= 4 is 11.8 Å². The van der Waals surface area contributed by atoms with Crippen molar-refractivity contribution in [3.05, 3.63) is 102 Å². The number of benzene rings is 2. The molecular weight excluding hydrogens is 457 g/mol. The zero-order valence-electron chi connectivity index (χ0n) is 20.2. The molecule has 7 nitrogen and oxygen atoms in total. The molecule has 1 fully saturated rings. The molecule has 3 N–H and O–H groups in total. The van der Waals surface area contributed by atoms with Crippen LogP contribution in [0.1, 0.15) is 27.9 Å². The summed E-state index contributed by atoms with van der Waals surface area (Å²) in [5.74, 6) is -0.700. The normalized spacial score (nSPS) is 17.4. The van der Waals surface area contributed by atoms with E-state index in [0.717, 1.165) is 18.5 Å². The Labute approximate surface area is 211 Å². The average molecular weight is 490 g/mol. The van der Waals surface area contributed by atoms with Gasteiger partial charge >= 0.3 is 0 Å². The summed E-state index contributed by atoms with van der Waals surface area (Å²) >= 11 is 0. The Kier molecular flexibility index (Phi) is 8.76. The monoisotopic (exact) mass is 489 g/mol. The number of hydrogen-bond acceptors (Lipinski definition) is 5. The van der Waals surface area contributed by atoms with Gasteiger partial charge in [0.25, 0.3) is 5.91 Å². The van der Waals surface area contributed by atoms with Crippen LogP contribution in [0.2, 0.25) is 0 Å². The van der Waals surface area contributed by atoms with E-state index in [1.54, 1.807) is 35.4 Å². The predicted molar refractivity (Wildman–Crippen MR) is 136 cm³/mol. The second-order valence-corrected chi connectivity index (χ2v) is 9.02. The Morgan fingerprint density at radius 1 is 1.06 bits per heavy atom. The van der Waals surface area contributed by atoms with Gasteiger partial charge in [-0.1, -0.05) is 42.5 Å². The van der Waals surface area contributed by atoms with Crippen LogP contribution in [0.5, 0.6) is 0 Å². The lowest BCUT2D eigenvalue weighted by Gasteiger charge is -2.29. The van der Waals surface area contributed by atoms with Crippen LogP contribution in [0.4, 0.5) is 4.39 Å². The smallest absolute Gasteiger partial charge is 0.256 e. The second-order valence-electron chi connectivity index (χ2n) is 9.02. The second kappa shape index (κ2) is 12.4. The highest BCUT2D eigenvalue weighted by atomic mass is 19.1. The summed E-state index contributed by atoms with van der Waals surface area (Å²) < 4.78 is 13.5. The highest BCUT2D eigenvalue weighted by Crippen LogP contribution is 2.26. The van der Waals surface area contributed by atoms with Crippen molar-refractivity contribution in [1.29, 1.82) is 0 Å². The molecule has 1 aliphatic heterocycles. The summed E-state index contributed by atoms with van der Waals surface area (Å²) in [5.41, 5.74) is 8.22. The number of nitrogens with two attached hydrogens (primary N) is 1. The molecule has 1 saturated heterocycles. The van der Waals surface area contributed by atoms with E-state index < -0.39 is 6.04 Å². The Balaban J connectivity index is 1.57. The minimum absolute atomic E-state index is 0.0481. The molecule has 4 rings (SSSR count). The number of carbonyl (C=O) groups excluding carboxylic acids is 2. The Bertz CT molecular complexity index is 1130. The Morgan fingerprint density at radius 2 is 1.83 bits per heavy atom. The molecule has 0 saturated carbocycles. The van der Waals surface area contributed by atoms with Gasteiger partial charge in [0.2, 0.25) is 5.91 Å². The molecule has 1 aromatic heterocycles. The number of amides is 2. The van der Waals surface area contributed by atoms with Crippen LogP contribution in [0.15, 0.2) is 79.1 Å². The fourth-order valence-corrected chi connectivity index (χ4v) is 4.65. The van der Waals surface area contributed by atoms with Crippen LogP contribution in [-0.2, 0) is 17.8 Å². The highest BCUT2D eigenvalue weighted by molar-refractivity contribution is 5.97. The zero-order valence-corrected chi connectivity index (χ0v) is 20.2. The van der Waals surface area contributed by atoms with Crippen molar-refractivity contribution in [3.63, 3.8) is 0 Å². The summed E-state index contributed by atoms with van der Waals surface area (Å²) in [7, 11) is 0. The maximum Gasteiger partial charge on any atom is 0.256 e. The molecule has 0 bridgehead atoms. The summed E-state index contributed by atoms with van der Waals surface area (Å²) in [5, 5.41) is 2.85. The first-order valence-corrected chi connectivity index (χ1v) is 12.3. The van der Waals surface area contributed by atoms with Gasteiger partial charge in [0.15, 0.2) is 0 Å². The number of nitrogens with one attached hydrogen (secondary N) is 1. The molecule has 2 heterocycles. The summed E-state index contributed by atoms with van der Waals surface area (Å²) in [6.07, 6.45) is 4.46. The van der Waals surface area contributed by atoms with E-state index in [2.05, 4.69) is 27.3 Å². The van der Waals surface area contributed by atoms with Crippen LogP contribution >= 0.6 is 0 Å². The van der Waals surface area contributed by atoms with Crippen molar-refractivity contribution in [1.82, 2.24) is 20.1 Å². The average Bonchev–Trinajstić information content (AvgIpc) is 3.37. The van der Waals surface area contributed by atoms with Crippen LogP contribution < -0.4 is 11.1 Å². The molecule has 0 spiro atoms. The minimum atomic E-state index is -0.610. The molecule has 36 heavy (non-hydrogen) atoms. The van der Waals surface area contributed by atoms with Gasteiger partial charge in [-0.3, -0.25) is 19.5 Å². The number of pyridine rings is 1. The molecule has 3 aromatic rings. The zero-order chi connectivity index (χ0) is 25.3. The van der Waals surface area contributed by atoms with E-state index in [9.17, 15) is 14.0 Å². The number of aromatic nitrogens is 1. The number of carbonyl (C=O) groups is 2. The van der Waals surface area contributed by atoms with Gasteiger partial charge in [0.1, 0.15) is 11.9 Å². The lowest BCUT2D eigenvalue weighted by Crippen LogP contribution is -2.47. The molecule has 2 amide bonds. The van der Waals surface area contributed by atoms with Crippen LogP contribution in [-0.4, -0.2) is 64.9 Å². The molecular formula is C28H32FN5O2. The first-order valence-electron chi connectivity index (χ1n) is 12.3. The van der Waals surface area contributed by atoms with Crippen LogP contribution in [0.3, 0.4) is 0 Å². The third kappa shape index (κ3) is 6.53. The van der Waals surface area contributed by atoms with Crippen molar-refractivity contribution in [3.8, 4) is 0 Å². The van der Waals surface area contributed by atoms with Crippen molar-refractivity contribution in [2.75, 3.05) is 26.2 Å². The summed E-state index contributed by atoms with van der Waals surface area (Å²) in [6.45, 7) is 2.40. The minimum Gasteiger partial charge on any atom is -0.353 e. The van der Waals surface area contributed by atoms with Gasteiger partial charge in [-0.25, -0.2) is 4.39 Å². The lowest BCUT2D eigenvalue weighted by molar-refractivity contribution is -0.124. The van der Waals surface area contributed by atoms with Gasteiger partial charge in [-0.2, -0.15) is 0 Å². The first-order chi connectivity index (χ1) is 17.5. The van der Waals surface area contributed by atoms with Crippen molar-refractivity contribution in [2.24, 2.45) is 5.73 Å². The molecule has 2 aromatic carbocycles. The number of hydrogen-bond donors (Lipinski definition) is 2. The quantitative estimate of drug-likeness (QED) is 0.457. The SMILES string of the molecule is NCCNC(=O)C1CC(N(CCc2ccccc2)Cc2ccc(F)cc2)CN1C(=O)c1cccnc1. The van der Waals surface area contributed by atoms with Gasteiger partial charge in [-0.15, -0.1) is 0 Å². The third-order valence-corrected chi connectivity index (χ3v) is 6.54. The standard InChI is InChI=1S/C28H32FN5O2/c29-24-10-8-22(9-11-24)19-33(16-12-21-5-2-1-3-6-21)25-17-26(27(35)32-15-13-30)34(20-25)28(36)23-7-4-14-31-18-23/h1-11,14,18,25-26H,12-13,15-17,19-20,30H2,(H,32,35). The lowest BCUT2D eigenvalue weighted by atomic mass is 10.1. The largest absolute Gasteiger partial charge is 0.353 e. The molecule has 188 valence electrons. The van der Waals surface area contributed by atoms with Crippen molar-refractivity contribution < 1.29 is 14.0 Å². The fourth-order valence-electron chi connectivity index (χ4n) is 4.65. The third-order valence-electron chi connectivity index (χ3n) is 6.54. The Hall–Kier alpha value is -3.62. The van der Waals surface area contributed by atoms with Crippen LogP contribution in [0.25, 0.3) is 0 Å². The predicted octanol–water partition coefficient (Wildman–Crippen LogP) is 2.62. The van der Waals surface area contributed by atoms with Gasteiger partial charge < -0.3 is 16.0 Å². The molecule has 2 unspecified atom stereocenters. The van der Waals surface area contributed by atoms with E-state index in [-0.39, 0.29) is 23.7 Å². The molecule has 0 aliphatic carbocycles. The Morgan fingerprint density at radius 3 is 2.53 bits per heavy atom. The number of halogens is 1. The van der Waals surface area contributed by atoms with E-state index in [1.807, 2.05) is 18.2 Å². The van der Waals surface area contributed by atoms with E-state index in [4.69, 9.17) is 5.73 Å². The van der Waals surface area contributed by atoms with Crippen LogP contribution in [0, 0.1) is 5.82 Å². The van der Waals surface area contributed by atoms with Gasteiger partial charge in [0, 0.05) is 51.2 Å². The number of nitrogens with zero attached hydrogens (tertiary/aromatic N) is 3. The number of likely N-dealkylation sites (tertiary alicyclic amines) is 1. The molecule has 1 aliphatic rings. The number of rotatable bonds is 10. The maximum atomic E-state index is 13.5. The maximum absolute atomic E-state index is 13.5. The molecule has 8 heteroatoms. The summed E-state index contributed by atoms with van der Waals surface area (Å²) in [4.78, 5) is 34.5. The molecule has 0 radical (unpaired) electrons. The van der Waals surface area contributed by atoms with Gasteiger partial charge in [0.05, 0.1) is 5.56 Å². The van der Waals surface area contributed by atoms with Gasteiger partial charge in [-0.05, 0) is 48.2 Å².